The zero-order chi connectivity index (χ0) is 36.4. The van der Waals surface area contributed by atoms with Crippen molar-refractivity contribution in [2.24, 2.45) is 0 Å². The second kappa shape index (κ2) is 15.1. The lowest BCUT2D eigenvalue weighted by Gasteiger charge is -2.08. The molecule has 2 aliphatic heterocycles. The summed E-state index contributed by atoms with van der Waals surface area (Å²) in [7, 11) is 6.36. The molecule has 0 radical (unpaired) electrons. The van der Waals surface area contributed by atoms with Gasteiger partial charge >= 0.3 is 0 Å². The van der Waals surface area contributed by atoms with Crippen LogP contribution in [0.2, 0.25) is 0 Å². The molecule has 6 heterocycles. The third kappa shape index (κ3) is 6.29. The number of aryl methyl sites for hydroxylation is 6. The van der Waals surface area contributed by atoms with E-state index in [1.165, 1.54) is 11.1 Å². The van der Waals surface area contributed by atoms with E-state index in [9.17, 15) is 10.2 Å². The van der Waals surface area contributed by atoms with Gasteiger partial charge in [-0.15, -0.1) is 0 Å². The number of aliphatic hydroxyl groups is 2. The summed E-state index contributed by atoms with van der Waals surface area (Å²) < 4.78 is 23.7. The van der Waals surface area contributed by atoms with E-state index in [2.05, 4.69) is 54.8 Å². The van der Waals surface area contributed by atoms with E-state index in [0.717, 1.165) is 68.2 Å². The Kier molecular flexibility index (Phi) is 10.6. The molecule has 0 aromatic carbocycles. The van der Waals surface area contributed by atoms with Crippen molar-refractivity contribution in [2.45, 2.75) is 66.2 Å². The normalized spacial score (nSPS) is 13.0. The van der Waals surface area contributed by atoms with Crippen LogP contribution < -0.4 is 0 Å². The van der Waals surface area contributed by atoms with Crippen molar-refractivity contribution in [3.8, 4) is 0 Å². The number of ether oxygens (including phenoxy) is 4. The molecule has 11 heteroatoms. The molecule has 5 N–H and O–H groups in total. The number of nitrogens with zero attached hydrogens (tertiary/aromatic N) is 2. The van der Waals surface area contributed by atoms with Crippen LogP contribution in [0.25, 0.3) is 56.1 Å². The van der Waals surface area contributed by atoms with E-state index in [1.807, 2.05) is 12.1 Å². The lowest BCUT2D eigenvalue weighted by molar-refractivity contribution is 0.288. The van der Waals surface area contributed by atoms with Gasteiger partial charge in [0.2, 0.25) is 0 Å². The summed E-state index contributed by atoms with van der Waals surface area (Å²) in [6.45, 7) is 8.74. The van der Waals surface area contributed by atoms with Crippen LogP contribution in [0.15, 0.2) is 24.3 Å². The molecule has 51 heavy (non-hydrogen) atoms. The maximum atomic E-state index is 9.81. The lowest BCUT2D eigenvalue weighted by Crippen LogP contribution is -1.96. The molecular weight excluding hydrogens is 646 g/mol. The third-order valence-electron chi connectivity index (χ3n) is 10.0. The molecule has 4 aromatic rings. The number of aromatic nitrogens is 5. The maximum Gasteiger partial charge on any atom is 0.191 e. The Labute approximate surface area is 298 Å². The predicted molar refractivity (Wildman–Crippen MR) is 202 cm³/mol. The fourth-order valence-corrected chi connectivity index (χ4v) is 7.47. The molecule has 6 rings (SSSR count). The van der Waals surface area contributed by atoms with Crippen LogP contribution >= 0.6 is 0 Å². The monoisotopic (exact) mass is 695 g/mol. The highest BCUT2D eigenvalue weighted by Crippen LogP contribution is 2.40. The number of aromatic amines is 3. The minimum atomic E-state index is 0.0945. The molecule has 10 bridgehead atoms. The average molecular weight is 696 g/mol. The number of fused-ring (bicyclic) bond motifs is 11. The van der Waals surface area contributed by atoms with Crippen molar-refractivity contribution in [3.05, 3.63) is 80.4 Å². The number of hydrogen-bond donors (Lipinski definition) is 5. The molecular formula is C40H49N5O6. The first kappa shape index (κ1) is 35.8. The molecule has 0 saturated carbocycles. The van der Waals surface area contributed by atoms with Gasteiger partial charge in [0.1, 0.15) is 22.8 Å². The molecule has 0 spiro atoms. The minimum absolute atomic E-state index is 0.0945. The van der Waals surface area contributed by atoms with Crippen LogP contribution in [-0.4, -0.2) is 76.8 Å². The van der Waals surface area contributed by atoms with Crippen LogP contribution in [0.3, 0.4) is 0 Å². The zero-order valence-electron chi connectivity index (χ0n) is 30.9. The first-order chi connectivity index (χ1) is 24.8. The lowest BCUT2D eigenvalue weighted by atomic mass is 10.0. The van der Waals surface area contributed by atoms with Crippen molar-refractivity contribution in [2.75, 3.05) is 41.7 Å². The molecule has 0 atom stereocenters. The van der Waals surface area contributed by atoms with Gasteiger partial charge in [-0.1, -0.05) is 13.8 Å². The molecule has 0 unspecified atom stereocenters. The number of H-pyrrole nitrogens is 3. The Bertz CT molecular complexity index is 2080. The first-order valence-electron chi connectivity index (χ1n) is 17.6. The van der Waals surface area contributed by atoms with E-state index >= 15 is 0 Å². The SMILES string of the molecule is CCc1c(CC)c2cc3[nH]c(cc4nc(c5nc(cc6[nH]c(cc1[nH]2)c(CCCO)c6C)C(OC)=C5OC)C(OC)=C4OC)c(C)c3CCCO. The Morgan fingerprint density at radius 3 is 1.20 bits per heavy atom. The van der Waals surface area contributed by atoms with E-state index in [0.29, 0.717) is 71.5 Å². The van der Waals surface area contributed by atoms with Crippen molar-refractivity contribution in [1.29, 1.82) is 0 Å². The summed E-state index contributed by atoms with van der Waals surface area (Å²) in [6.07, 6.45) is 4.38. The number of methoxy groups -OCH3 is 4. The predicted octanol–water partition coefficient (Wildman–Crippen LogP) is 7.19. The highest BCUT2D eigenvalue weighted by Gasteiger charge is 2.32. The van der Waals surface area contributed by atoms with Crippen LogP contribution in [0.4, 0.5) is 0 Å². The van der Waals surface area contributed by atoms with Gasteiger partial charge in [0, 0.05) is 46.3 Å². The van der Waals surface area contributed by atoms with Gasteiger partial charge in [-0.2, -0.15) is 0 Å². The van der Waals surface area contributed by atoms with Crippen molar-refractivity contribution < 1.29 is 29.2 Å². The van der Waals surface area contributed by atoms with Crippen LogP contribution in [0.5, 0.6) is 0 Å². The summed E-state index contributed by atoms with van der Waals surface area (Å²) in [5.41, 5.74) is 14.7. The number of nitrogens with one attached hydrogen (secondary N) is 3. The van der Waals surface area contributed by atoms with Gasteiger partial charge in [-0.25, -0.2) is 9.97 Å². The van der Waals surface area contributed by atoms with Crippen LogP contribution in [-0.2, 0) is 44.6 Å². The zero-order valence-corrected chi connectivity index (χ0v) is 30.9. The summed E-state index contributed by atoms with van der Waals surface area (Å²) in [5.74, 6) is 1.79. The average Bonchev–Trinajstić information content (AvgIpc) is 3.90. The van der Waals surface area contributed by atoms with E-state index < -0.39 is 0 Å². The largest absolute Gasteiger partial charge is 0.491 e. The molecule has 270 valence electrons. The van der Waals surface area contributed by atoms with Gasteiger partial charge in [0.15, 0.2) is 23.0 Å². The minimum Gasteiger partial charge on any atom is -0.491 e. The Morgan fingerprint density at radius 1 is 0.510 bits per heavy atom. The summed E-state index contributed by atoms with van der Waals surface area (Å²) in [6, 6.07) is 8.33. The number of rotatable bonds is 12. The molecule has 0 aliphatic carbocycles. The molecule has 0 fully saturated rings. The van der Waals surface area contributed by atoms with Crippen molar-refractivity contribution in [3.63, 3.8) is 0 Å². The molecule has 2 aliphatic rings. The van der Waals surface area contributed by atoms with Gasteiger partial charge in [-0.3, -0.25) is 0 Å². The van der Waals surface area contributed by atoms with Crippen molar-refractivity contribution >= 4 is 56.1 Å². The molecule has 11 nitrogen and oxygen atoms in total. The highest BCUT2D eigenvalue weighted by molar-refractivity contribution is 5.95. The Hall–Kier alpha value is -5.00. The smallest absolute Gasteiger partial charge is 0.191 e. The third-order valence-corrected chi connectivity index (χ3v) is 10.0. The Balaban J connectivity index is 1.85. The quantitative estimate of drug-likeness (QED) is 0.105. The van der Waals surface area contributed by atoms with Gasteiger partial charge < -0.3 is 44.1 Å². The van der Waals surface area contributed by atoms with E-state index in [1.54, 1.807) is 28.4 Å². The van der Waals surface area contributed by atoms with Gasteiger partial charge in [0.05, 0.1) is 28.4 Å². The van der Waals surface area contributed by atoms with E-state index in [4.69, 9.17) is 28.9 Å². The highest BCUT2D eigenvalue weighted by atomic mass is 16.5. The van der Waals surface area contributed by atoms with Gasteiger partial charge in [0.25, 0.3) is 0 Å². The number of aliphatic hydroxyl groups excluding tert-OH is 2. The second-order valence-corrected chi connectivity index (χ2v) is 12.8. The van der Waals surface area contributed by atoms with Crippen molar-refractivity contribution in [1.82, 2.24) is 24.9 Å². The topological polar surface area (TPSA) is 151 Å². The summed E-state index contributed by atoms with van der Waals surface area (Å²) in [5, 5.41) is 19.6. The fraction of sp³-hybridized carbons (Fsp3) is 0.400. The molecule has 0 amide bonds. The second-order valence-electron chi connectivity index (χ2n) is 12.8. The van der Waals surface area contributed by atoms with E-state index in [-0.39, 0.29) is 13.2 Å². The number of hydrogen-bond acceptors (Lipinski definition) is 8. The van der Waals surface area contributed by atoms with Gasteiger partial charge in [-0.05, 0) is 110 Å². The molecule has 4 aromatic heterocycles. The standard InChI is InChI=1S/C40H49N5O6/c1-9-23-24(10-2)30-20-32-26(14-12-16-47)22(4)28(42-32)18-34-38(49-6)40(51-8)36(45-34)35-39(50-7)37(48-5)33(44-35)17-27-21(3)25(13-11-15-46)31(41-27)19-29(23)43-30/h17-20,41-43,46-47H,9-16H2,1-8H3. The fourth-order valence-electron chi connectivity index (χ4n) is 7.47. The van der Waals surface area contributed by atoms with Crippen LogP contribution in [0, 0.1) is 13.8 Å². The summed E-state index contributed by atoms with van der Waals surface area (Å²) in [4.78, 5) is 21.2. The maximum absolute atomic E-state index is 9.81. The summed E-state index contributed by atoms with van der Waals surface area (Å²) >= 11 is 0. The molecule has 0 saturated heterocycles. The Morgan fingerprint density at radius 2 is 0.863 bits per heavy atom. The van der Waals surface area contributed by atoms with Crippen LogP contribution in [0.1, 0.15) is 82.8 Å². The first-order valence-corrected chi connectivity index (χ1v) is 17.6.